The molecule has 0 saturated carbocycles. The minimum Gasteiger partial charge on any atom is -0.744 e. The molecule has 21 nitrogen and oxygen atoms in total. The Morgan fingerprint density at radius 3 is 1.63 bits per heavy atom. The monoisotopic (exact) mass is 944 g/mol. The fraction of sp³-hybridized carbons (Fsp3) is 0.175. The number of aryl methyl sites for hydroxylation is 3. The summed E-state index contributed by atoms with van der Waals surface area (Å²) in [5, 5.41) is 20.6. The normalized spacial score (nSPS) is 10.1. The van der Waals surface area contributed by atoms with E-state index in [4.69, 9.17) is 15.7 Å². The summed E-state index contributed by atoms with van der Waals surface area (Å²) in [4.78, 5) is 47.3. The lowest BCUT2D eigenvalue weighted by molar-refractivity contribution is -0.639. The molecule has 7 heterocycles. The molecule has 0 amide bonds. The van der Waals surface area contributed by atoms with E-state index in [-0.39, 0.29) is 16.4 Å². The van der Waals surface area contributed by atoms with Crippen LogP contribution in [0.25, 0.3) is 16.6 Å². The number of carbonyl (C=O) groups is 3. The maximum atomic E-state index is 11.4. The van der Waals surface area contributed by atoms with Gasteiger partial charge < -0.3 is 19.1 Å². The molecule has 23 heteroatoms. The second-order valence-corrected chi connectivity index (χ2v) is 14.3. The Bertz CT molecular complexity index is 2890. The number of nitrogens with two attached hydrogens (primary N) is 1. The SMILES string of the molecule is Brc1cnn2ccncc12.C#CC(=O)OCC.CCOC(=O)c1cnn2ccncc12.Cc1cc(C)c(S(=O)(=O)[O-])c(C)c1.N[n+]1ccncc1.O=C(O)c1cnn2ccncc12. The molecule has 0 bridgehead atoms. The van der Waals surface area contributed by atoms with Crippen LogP contribution in [0.4, 0.5) is 0 Å². The van der Waals surface area contributed by atoms with E-state index in [0.717, 1.165) is 15.6 Å². The van der Waals surface area contributed by atoms with Crippen molar-refractivity contribution in [2.24, 2.45) is 0 Å². The first-order chi connectivity index (χ1) is 30.0. The predicted octanol–water partition coefficient (Wildman–Crippen LogP) is 3.61. The van der Waals surface area contributed by atoms with Crippen LogP contribution in [0.3, 0.4) is 0 Å². The van der Waals surface area contributed by atoms with E-state index in [9.17, 15) is 27.4 Å². The van der Waals surface area contributed by atoms with Gasteiger partial charge >= 0.3 is 17.9 Å². The maximum Gasteiger partial charge on any atom is 0.384 e. The van der Waals surface area contributed by atoms with Crippen molar-refractivity contribution in [2.75, 3.05) is 19.1 Å². The standard InChI is InChI=1S/C9H9N3O2.C9H12O3S.C7H5N3O2.C6H4BrN3.C5H6O2.C4H6N3/c1-2-14-9(13)7-5-11-12-4-3-10-6-8(7)12;1-6-4-7(2)9(8(3)5-6)13(10,11)12;11-7(12)5-3-9-10-2-1-8-4-6(5)10;7-5-3-9-10-2-1-8-4-6(5)10;1-3-5(6)7-4-2;5-7-3-1-6-2-4-7/h3-6H,2H2,1H3;4-5H,1-3H3,(H,10,11,12);1-4H,(H,11,12);1-4H;1H,4H2,2H3;1-4H,(H2,5,6)/q;;;;;+1/p-1. The van der Waals surface area contributed by atoms with Crippen molar-refractivity contribution in [3.05, 3.63) is 144 Å². The highest BCUT2D eigenvalue weighted by Crippen LogP contribution is 2.21. The molecule has 0 spiro atoms. The Kier molecular flexibility index (Phi) is 19.4. The number of carboxylic acid groups (broad SMARTS) is 1. The zero-order chi connectivity index (χ0) is 46.5. The summed E-state index contributed by atoms with van der Waals surface area (Å²) in [5.41, 5.74) is 4.77. The first-order valence-corrected chi connectivity index (χ1v) is 20.3. The molecule has 1 aromatic carbocycles. The number of hydrogen-bond donors (Lipinski definition) is 2. The van der Waals surface area contributed by atoms with E-state index in [2.05, 4.69) is 62.3 Å². The average molecular weight is 946 g/mol. The Labute approximate surface area is 369 Å². The number of nitrogen functional groups attached to an aromatic ring is 1. The number of aromatic carboxylic acids is 1. The van der Waals surface area contributed by atoms with Crippen molar-refractivity contribution in [3.63, 3.8) is 0 Å². The molecule has 0 radical (unpaired) electrons. The first-order valence-electron chi connectivity index (χ1n) is 18.1. The third-order valence-electron chi connectivity index (χ3n) is 7.55. The number of benzene rings is 1. The molecule has 63 heavy (non-hydrogen) atoms. The number of fused-ring (bicyclic) bond motifs is 3. The summed E-state index contributed by atoms with van der Waals surface area (Å²) in [6.45, 7) is 9.30. The number of carboxylic acids is 1. The molecule has 0 unspecified atom stereocenters. The quantitative estimate of drug-likeness (QED) is 0.0622. The molecule has 0 saturated heterocycles. The number of ether oxygens (including phenoxy) is 2. The number of hydrogen-bond acceptors (Lipinski definition) is 16. The molecule has 328 valence electrons. The van der Waals surface area contributed by atoms with Crippen molar-refractivity contribution in [3.8, 4) is 12.3 Å². The smallest absolute Gasteiger partial charge is 0.384 e. The summed E-state index contributed by atoms with van der Waals surface area (Å²) < 4.78 is 48.9. The molecule has 8 rings (SSSR count). The fourth-order valence-corrected chi connectivity index (χ4v) is 6.35. The van der Waals surface area contributed by atoms with Crippen LogP contribution in [-0.2, 0) is 24.4 Å². The van der Waals surface area contributed by atoms with Crippen LogP contribution < -0.4 is 10.5 Å². The van der Waals surface area contributed by atoms with Crippen LogP contribution in [0.15, 0.2) is 121 Å². The van der Waals surface area contributed by atoms with E-state index in [1.54, 1.807) is 135 Å². The van der Waals surface area contributed by atoms with Crippen LogP contribution in [0.5, 0.6) is 0 Å². The van der Waals surface area contributed by atoms with Crippen molar-refractivity contribution in [2.45, 2.75) is 39.5 Å². The lowest BCUT2D eigenvalue weighted by Gasteiger charge is -2.14. The molecule has 8 aromatic rings. The van der Waals surface area contributed by atoms with Crippen LogP contribution in [0, 0.1) is 33.1 Å². The van der Waals surface area contributed by atoms with E-state index in [1.807, 2.05) is 6.92 Å². The molecule has 0 aliphatic rings. The summed E-state index contributed by atoms with van der Waals surface area (Å²) in [5.74, 6) is 5.09. The van der Waals surface area contributed by atoms with Gasteiger partial charge in [-0.25, -0.2) is 42.2 Å². The van der Waals surface area contributed by atoms with E-state index in [1.165, 1.54) is 27.8 Å². The van der Waals surface area contributed by atoms with Crippen LogP contribution in [0.1, 0.15) is 51.3 Å². The van der Waals surface area contributed by atoms with Gasteiger partial charge in [-0.15, -0.1) is 6.42 Å². The van der Waals surface area contributed by atoms with E-state index in [0.29, 0.717) is 40.9 Å². The fourth-order valence-electron chi connectivity index (χ4n) is 5.07. The summed E-state index contributed by atoms with van der Waals surface area (Å²) >= 11 is 3.34. The van der Waals surface area contributed by atoms with Gasteiger partial charge in [0, 0.05) is 43.1 Å². The second kappa shape index (κ2) is 24.5. The van der Waals surface area contributed by atoms with E-state index < -0.39 is 22.1 Å². The lowest BCUT2D eigenvalue weighted by atomic mass is 10.1. The predicted molar refractivity (Wildman–Crippen MR) is 228 cm³/mol. The molecule has 3 N–H and O–H groups in total. The lowest BCUT2D eigenvalue weighted by Crippen LogP contribution is -2.43. The van der Waals surface area contributed by atoms with Gasteiger partial charge in [-0.1, -0.05) is 22.4 Å². The van der Waals surface area contributed by atoms with Gasteiger partial charge in [0.05, 0.1) is 88.7 Å². The van der Waals surface area contributed by atoms with Gasteiger partial charge in [0.25, 0.3) is 0 Å². The van der Waals surface area contributed by atoms with Gasteiger partial charge in [0.15, 0.2) is 0 Å². The number of carbonyl (C=O) groups excluding carboxylic acids is 2. The Balaban J connectivity index is 0.000000205. The molecule has 7 aromatic heterocycles. The number of halogens is 1. The number of terminal acetylenes is 1. The Morgan fingerprint density at radius 1 is 0.762 bits per heavy atom. The first kappa shape index (κ1) is 49.7. The summed E-state index contributed by atoms with van der Waals surface area (Å²) in [6.07, 6.45) is 30.5. The van der Waals surface area contributed by atoms with Crippen LogP contribution in [-0.4, -0.2) is 98.0 Å². The zero-order valence-corrected chi connectivity index (χ0v) is 36.8. The largest absolute Gasteiger partial charge is 0.744 e. The van der Waals surface area contributed by atoms with Crippen LogP contribution >= 0.6 is 15.9 Å². The molecular formula is C40H41BrN12O9S. The minimum absolute atomic E-state index is 0.0851. The van der Waals surface area contributed by atoms with Crippen molar-refractivity contribution in [1.29, 1.82) is 0 Å². The van der Waals surface area contributed by atoms with Gasteiger partial charge in [-0.05, 0) is 61.7 Å². The summed E-state index contributed by atoms with van der Waals surface area (Å²) in [7, 11) is -4.33. The zero-order valence-electron chi connectivity index (χ0n) is 34.4. The Hall–Kier alpha value is -7.68. The number of rotatable bonds is 5. The topological polar surface area (TPSA) is 280 Å². The minimum atomic E-state index is -4.33. The third-order valence-corrected chi connectivity index (χ3v) is 9.31. The van der Waals surface area contributed by atoms with Gasteiger partial charge in [-0.2, -0.15) is 15.3 Å². The molecule has 0 atom stereocenters. The summed E-state index contributed by atoms with van der Waals surface area (Å²) in [6, 6.07) is 3.38. The highest BCUT2D eigenvalue weighted by molar-refractivity contribution is 9.10. The van der Waals surface area contributed by atoms with Gasteiger partial charge in [0.2, 0.25) is 12.4 Å². The van der Waals surface area contributed by atoms with Crippen LogP contribution in [0.2, 0.25) is 0 Å². The van der Waals surface area contributed by atoms with Crippen molar-refractivity contribution in [1.82, 2.24) is 48.8 Å². The number of nitrogens with zero attached hydrogens (tertiary/aromatic N) is 11. The van der Waals surface area contributed by atoms with Crippen molar-refractivity contribution >= 4 is 60.5 Å². The molecule has 0 aliphatic carbocycles. The average Bonchev–Trinajstić information content (AvgIpc) is 3.99. The van der Waals surface area contributed by atoms with Gasteiger partial charge in [0.1, 0.15) is 21.2 Å². The highest BCUT2D eigenvalue weighted by Gasteiger charge is 2.13. The highest BCUT2D eigenvalue weighted by atomic mass is 79.9. The number of aromatic nitrogens is 11. The van der Waals surface area contributed by atoms with Gasteiger partial charge in [-0.3, -0.25) is 19.9 Å². The molecule has 0 fully saturated rings. The molecular weight excluding hydrogens is 904 g/mol. The van der Waals surface area contributed by atoms with E-state index >= 15 is 0 Å². The number of esters is 2. The molecule has 0 aliphatic heterocycles. The Morgan fingerprint density at radius 2 is 1.22 bits per heavy atom. The third kappa shape index (κ3) is 15.4. The van der Waals surface area contributed by atoms with Crippen molar-refractivity contribution < 1.29 is 46.6 Å². The second-order valence-electron chi connectivity index (χ2n) is 12.1. The maximum absolute atomic E-state index is 11.4.